The van der Waals surface area contributed by atoms with Crippen molar-refractivity contribution in [2.24, 2.45) is 0 Å². The van der Waals surface area contributed by atoms with Gasteiger partial charge in [-0.05, 0) is 44.4 Å². The van der Waals surface area contributed by atoms with Gasteiger partial charge in [-0.2, -0.15) is 0 Å². The van der Waals surface area contributed by atoms with Crippen LogP contribution in [0.1, 0.15) is 26.8 Å². The second kappa shape index (κ2) is 5.88. The van der Waals surface area contributed by atoms with Gasteiger partial charge in [-0.15, -0.1) is 11.3 Å². The predicted molar refractivity (Wildman–Crippen MR) is 83.9 cm³/mol. The Hall–Kier alpha value is -1.47. The van der Waals surface area contributed by atoms with Crippen molar-refractivity contribution in [3.05, 3.63) is 26.6 Å². The van der Waals surface area contributed by atoms with Crippen molar-refractivity contribution in [3.63, 3.8) is 0 Å². The van der Waals surface area contributed by atoms with Crippen LogP contribution in [-0.4, -0.2) is 33.4 Å². The van der Waals surface area contributed by atoms with Crippen molar-refractivity contribution in [3.8, 4) is 0 Å². The van der Waals surface area contributed by atoms with Gasteiger partial charge in [0.05, 0.1) is 5.52 Å². The van der Waals surface area contributed by atoms with Gasteiger partial charge in [0.25, 0.3) is 5.56 Å². The molecule has 0 bridgehead atoms. The minimum atomic E-state index is -0.599. The van der Waals surface area contributed by atoms with Crippen molar-refractivity contribution >= 4 is 39.7 Å². The molecule has 0 radical (unpaired) electrons. The third-order valence-electron chi connectivity index (χ3n) is 3.36. The lowest BCUT2D eigenvalue weighted by Gasteiger charge is -2.24. The molecule has 0 saturated heterocycles. The fraction of sp³-hybridized carbons (Fsp3) is 0.462. The summed E-state index contributed by atoms with van der Waals surface area (Å²) in [5.74, 6) is -0.0903. The molecule has 0 saturated carbocycles. The Morgan fingerprint density at radius 2 is 2.15 bits per heavy atom. The van der Waals surface area contributed by atoms with Crippen LogP contribution in [0.2, 0.25) is 0 Å². The quantitative estimate of drug-likeness (QED) is 0.883. The standard InChI is InChI=1S/C13H17N3O2S2/c1-4-15(5-2)11(17)8(3)16-12(18)10-9(6-7-20-10)14-13(16)19/h6-8H,4-5H2,1-3H3,(H,14,19). The first-order valence-electron chi connectivity index (χ1n) is 6.52. The SMILES string of the molecule is CCN(CC)C(=O)C(C)n1c(=S)[nH]c2ccsc2c1=O. The predicted octanol–water partition coefficient (Wildman–Crippen LogP) is 2.55. The maximum atomic E-state index is 12.5. The van der Waals surface area contributed by atoms with E-state index in [4.69, 9.17) is 12.2 Å². The second-order valence-electron chi connectivity index (χ2n) is 4.46. The Bertz CT molecular complexity index is 740. The van der Waals surface area contributed by atoms with E-state index in [1.54, 1.807) is 11.8 Å². The molecule has 20 heavy (non-hydrogen) atoms. The molecule has 2 aromatic rings. The number of carbonyl (C=O) groups is 1. The van der Waals surface area contributed by atoms with E-state index < -0.39 is 6.04 Å². The summed E-state index contributed by atoms with van der Waals surface area (Å²) in [7, 11) is 0. The first-order chi connectivity index (χ1) is 9.51. The highest BCUT2D eigenvalue weighted by molar-refractivity contribution is 7.71. The zero-order chi connectivity index (χ0) is 14.9. The number of likely N-dealkylation sites (N-methyl/N-ethyl adjacent to an activating group) is 1. The molecule has 0 aliphatic carbocycles. The van der Waals surface area contributed by atoms with Crippen LogP contribution in [0.3, 0.4) is 0 Å². The molecule has 1 unspecified atom stereocenters. The summed E-state index contributed by atoms with van der Waals surface area (Å²) in [6, 6.07) is 1.22. The minimum Gasteiger partial charge on any atom is -0.341 e. The number of hydrogen-bond donors (Lipinski definition) is 1. The molecule has 1 amide bonds. The van der Waals surface area contributed by atoms with Crippen LogP contribution in [-0.2, 0) is 4.79 Å². The third-order valence-corrected chi connectivity index (χ3v) is 4.56. The average molecular weight is 311 g/mol. The first-order valence-corrected chi connectivity index (χ1v) is 7.80. The van der Waals surface area contributed by atoms with Crippen LogP contribution in [0.4, 0.5) is 0 Å². The molecule has 2 aromatic heterocycles. The second-order valence-corrected chi connectivity index (χ2v) is 5.76. The highest BCUT2D eigenvalue weighted by Crippen LogP contribution is 2.16. The van der Waals surface area contributed by atoms with E-state index in [-0.39, 0.29) is 16.2 Å². The Morgan fingerprint density at radius 1 is 1.50 bits per heavy atom. The van der Waals surface area contributed by atoms with Gasteiger partial charge in [0, 0.05) is 13.1 Å². The van der Waals surface area contributed by atoms with E-state index in [2.05, 4.69) is 4.98 Å². The molecule has 1 N–H and O–H groups in total. The molecule has 108 valence electrons. The number of amides is 1. The Balaban J connectivity index is 2.55. The van der Waals surface area contributed by atoms with Crippen molar-refractivity contribution in [2.45, 2.75) is 26.8 Å². The largest absolute Gasteiger partial charge is 0.341 e. The van der Waals surface area contributed by atoms with Gasteiger partial charge < -0.3 is 9.88 Å². The Morgan fingerprint density at radius 3 is 2.75 bits per heavy atom. The van der Waals surface area contributed by atoms with E-state index in [0.29, 0.717) is 17.8 Å². The fourth-order valence-corrected chi connectivity index (χ4v) is 3.35. The van der Waals surface area contributed by atoms with Gasteiger partial charge in [-0.3, -0.25) is 14.2 Å². The molecular weight excluding hydrogens is 294 g/mol. The van der Waals surface area contributed by atoms with E-state index in [0.717, 1.165) is 5.52 Å². The normalized spacial score (nSPS) is 12.6. The molecule has 5 nitrogen and oxygen atoms in total. The Labute approximate surface area is 125 Å². The number of fused-ring (bicyclic) bond motifs is 1. The van der Waals surface area contributed by atoms with Gasteiger partial charge in [0.1, 0.15) is 10.7 Å². The van der Waals surface area contributed by atoms with Crippen molar-refractivity contribution in [2.75, 3.05) is 13.1 Å². The summed E-state index contributed by atoms with van der Waals surface area (Å²) in [4.78, 5) is 29.6. The van der Waals surface area contributed by atoms with Gasteiger partial charge in [0.2, 0.25) is 5.91 Å². The van der Waals surface area contributed by atoms with E-state index in [1.807, 2.05) is 25.3 Å². The highest BCUT2D eigenvalue weighted by atomic mass is 32.1. The number of hydrogen-bond acceptors (Lipinski definition) is 4. The van der Waals surface area contributed by atoms with Gasteiger partial charge in [0.15, 0.2) is 4.77 Å². The number of aromatic amines is 1. The van der Waals surface area contributed by atoms with Crippen LogP contribution in [0.25, 0.3) is 10.2 Å². The minimum absolute atomic E-state index is 0.0903. The monoisotopic (exact) mass is 311 g/mol. The lowest BCUT2D eigenvalue weighted by Crippen LogP contribution is -2.39. The van der Waals surface area contributed by atoms with E-state index in [1.165, 1.54) is 15.9 Å². The zero-order valence-electron chi connectivity index (χ0n) is 11.7. The summed E-state index contributed by atoms with van der Waals surface area (Å²) in [6.45, 7) is 6.78. The first kappa shape index (κ1) is 14.9. The number of nitrogens with zero attached hydrogens (tertiary/aromatic N) is 2. The lowest BCUT2D eigenvalue weighted by molar-refractivity contribution is -0.134. The van der Waals surface area contributed by atoms with Crippen molar-refractivity contribution in [1.82, 2.24) is 14.5 Å². The Kier molecular flexibility index (Phi) is 4.39. The molecule has 0 aliphatic rings. The molecule has 0 fully saturated rings. The number of nitrogens with one attached hydrogen (secondary N) is 1. The topological polar surface area (TPSA) is 58.1 Å². The van der Waals surface area contributed by atoms with Crippen LogP contribution >= 0.6 is 23.6 Å². The smallest absolute Gasteiger partial charge is 0.272 e. The molecule has 1 atom stereocenters. The number of aromatic nitrogens is 2. The molecule has 0 aliphatic heterocycles. The van der Waals surface area contributed by atoms with E-state index in [9.17, 15) is 9.59 Å². The third kappa shape index (κ3) is 2.43. The molecule has 0 spiro atoms. The number of H-pyrrole nitrogens is 1. The van der Waals surface area contributed by atoms with Gasteiger partial charge in [-0.25, -0.2) is 0 Å². The van der Waals surface area contributed by atoms with Gasteiger partial charge in [-0.1, -0.05) is 0 Å². The lowest BCUT2D eigenvalue weighted by atomic mass is 10.2. The van der Waals surface area contributed by atoms with Crippen molar-refractivity contribution < 1.29 is 4.79 Å². The maximum Gasteiger partial charge on any atom is 0.272 e. The summed E-state index contributed by atoms with van der Waals surface area (Å²) >= 11 is 6.58. The summed E-state index contributed by atoms with van der Waals surface area (Å²) < 4.78 is 2.25. The molecule has 2 heterocycles. The van der Waals surface area contributed by atoms with Crippen LogP contribution in [0.15, 0.2) is 16.2 Å². The van der Waals surface area contributed by atoms with Crippen LogP contribution in [0, 0.1) is 4.77 Å². The van der Waals surface area contributed by atoms with Gasteiger partial charge >= 0.3 is 0 Å². The molecular formula is C13H17N3O2S2. The van der Waals surface area contributed by atoms with E-state index >= 15 is 0 Å². The number of rotatable bonds is 4. The average Bonchev–Trinajstić information content (AvgIpc) is 2.88. The fourth-order valence-electron chi connectivity index (χ4n) is 2.21. The number of carbonyl (C=O) groups excluding carboxylic acids is 1. The summed E-state index contributed by atoms with van der Waals surface area (Å²) in [5, 5.41) is 1.83. The number of thiophene rings is 1. The highest BCUT2D eigenvalue weighted by Gasteiger charge is 2.22. The maximum absolute atomic E-state index is 12.5. The van der Waals surface area contributed by atoms with Crippen LogP contribution in [0.5, 0.6) is 0 Å². The molecule has 7 heteroatoms. The zero-order valence-corrected chi connectivity index (χ0v) is 13.3. The summed E-state index contributed by atoms with van der Waals surface area (Å²) in [6.07, 6.45) is 0. The van der Waals surface area contributed by atoms with Crippen LogP contribution < -0.4 is 5.56 Å². The molecule has 2 rings (SSSR count). The summed E-state index contributed by atoms with van der Waals surface area (Å²) in [5.41, 5.74) is 0.524. The molecule has 0 aromatic carbocycles. The van der Waals surface area contributed by atoms with Crippen molar-refractivity contribution in [1.29, 1.82) is 0 Å².